The van der Waals surface area contributed by atoms with Crippen LogP contribution in [0.25, 0.3) is 0 Å². The van der Waals surface area contributed by atoms with Crippen molar-refractivity contribution in [2.45, 2.75) is 19.8 Å². The van der Waals surface area contributed by atoms with Crippen LogP contribution in [0.5, 0.6) is 0 Å². The Kier molecular flexibility index (Phi) is 4.79. The van der Waals surface area contributed by atoms with Gasteiger partial charge >= 0.3 is 0 Å². The van der Waals surface area contributed by atoms with Gasteiger partial charge in [0.2, 0.25) is 5.91 Å². The van der Waals surface area contributed by atoms with Crippen molar-refractivity contribution >= 4 is 33.2 Å². The molecular formula is C16H17BrN2O. The third-order valence-corrected chi connectivity index (χ3v) is 3.95. The Balaban J connectivity index is 1.89. The molecule has 2 aromatic carbocycles. The summed E-state index contributed by atoms with van der Waals surface area (Å²) in [6.45, 7) is 1.99. The molecule has 4 heteroatoms. The highest BCUT2D eigenvalue weighted by molar-refractivity contribution is 9.10. The lowest BCUT2D eigenvalue weighted by Gasteiger charge is -2.07. The number of benzene rings is 2. The maximum Gasteiger partial charge on any atom is 0.224 e. The molecule has 0 saturated carbocycles. The van der Waals surface area contributed by atoms with E-state index in [1.807, 2.05) is 49.4 Å². The lowest BCUT2D eigenvalue weighted by Crippen LogP contribution is -2.12. The Morgan fingerprint density at radius 1 is 1.20 bits per heavy atom. The second-order valence-electron chi connectivity index (χ2n) is 4.75. The summed E-state index contributed by atoms with van der Waals surface area (Å²) in [7, 11) is 0. The zero-order valence-corrected chi connectivity index (χ0v) is 12.9. The predicted molar refractivity (Wildman–Crippen MR) is 86.7 cm³/mol. The van der Waals surface area contributed by atoms with Gasteiger partial charge in [-0.15, -0.1) is 0 Å². The van der Waals surface area contributed by atoms with Gasteiger partial charge in [-0.25, -0.2) is 0 Å². The van der Waals surface area contributed by atoms with Gasteiger partial charge in [-0.1, -0.05) is 28.1 Å². The standard InChI is InChI=1S/C16H17BrN2O/c1-11-10-14(7-8-15(11)17)19-16(20)9-4-12-2-5-13(18)6-3-12/h2-3,5-8,10H,4,9,18H2,1H3,(H,19,20). The molecule has 1 amide bonds. The number of amides is 1. The summed E-state index contributed by atoms with van der Waals surface area (Å²) < 4.78 is 1.04. The predicted octanol–water partition coefficient (Wildman–Crippen LogP) is 3.91. The van der Waals surface area contributed by atoms with Gasteiger partial charge in [-0.3, -0.25) is 4.79 Å². The van der Waals surface area contributed by atoms with Gasteiger partial charge < -0.3 is 11.1 Å². The lowest BCUT2D eigenvalue weighted by molar-refractivity contribution is -0.116. The molecular weight excluding hydrogens is 316 g/mol. The lowest BCUT2D eigenvalue weighted by atomic mass is 10.1. The van der Waals surface area contributed by atoms with Crippen molar-refractivity contribution in [3.63, 3.8) is 0 Å². The van der Waals surface area contributed by atoms with Crippen LogP contribution in [0.1, 0.15) is 17.5 Å². The second kappa shape index (κ2) is 6.57. The van der Waals surface area contributed by atoms with Crippen molar-refractivity contribution in [3.05, 3.63) is 58.1 Å². The van der Waals surface area contributed by atoms with E-state index < -0.39 is 0 Å². The van der Waals surface area contributed by atoms with Crippen LogP contribution in [0, 0.1) is 6.92 Å². The molecule has 20 heavy (non-hydrogen) atoms. The fraction of sp³-hybridized carbons (Fsp3) is 0.188. The summed E-state index contributed by atoms with van der Waals surface area (Å²) in [5, 5.41) is 2.91. The van der Waals surface area contributed by atoms with E-state index in [1.54, 1.807) is 0 Å². The Bertz CT molecular complexity index is 608. The molecule has 0 radical (unpaired) electrons. The van der Waals surface area contributed by atoms with Crippen LogP contribution < -0.4 is 11.1 Å². The fourth-order valence-corrected chi connectivity index (χ4v) is 2.13. The van der Waals surface area contributed by atoms with Crippen molar-refractivity contribution in [3.8, 4) is 0 Å². The number of aryl methyl sites for hydroxylation is 2. The van der Waals surface area contributed by atoms with Crippen molar-refractivity contribution in [2.24, 2.45) is 0 Å². The van der Waals surface area contributed by atoms with E-state index in [4.69, 9.17) is 5.73 Å². The molecule has 0 bridgehead atoms. The van der Waals surface area contributed by atoms with Crippen molar-refractivity contribution in [1.82, 2.24) is 0 Å². The Morgan fingerprint density at radius 3 is 2.55 bits per heavy atom. The number of anilines is 2. The third-order valence-electron chi connectivity index (χ3n) is 3.06. The van der Waals surface area contributed by atoms with E-state index in [0.717, 1.165) is 27.0 Å². The van der Waals surface area contributed by atoms with Crippen LogP contribution in [-0.2, 0) is 11.2 Å². The van der Waals surface area contributed by atoms with Crippen molar-refractivity contribution in [1.29, 1.82) is 0 Å². The van der Waals surface area contributed by atoms with Crippen LogP contribution in [-0.4, -0.2) is 5.91 Å². The molecule has 2 aromatic rings. The van der Waals surface area contributed by atoms with Crippen LogP contribution in [0.4, 0.5) is 11.4 Å². The molecule has 104 valence electrons. The first-order chi connectivity index (χ1) is 9.54. The molecule has 0 unspecified atom stereocenters. The van der Waals surface area contributed by atoms with Gasteiger partial charge in [-0.2, -0.15) is 0 Å². The van der Waals surface area contributed by atoms with Crippen LogP contribution in [0.3, 0.4) is 0 Å². The van der Waals surface area contributed by atoms with Gasteiger partial charge in [0.15, 0.2) is 0 Å². The van der Waals surface area contributed by atoms with E-state index in [0.29, 0.717) is 12.8 Å². The number of rotatable bonds is 4. The topological polar surface area (TPSA) is 55.1 Å². The number of halogens is 1. The highest BCUT2D eigenvalue weighted by Gasteiger charge is 2.04. The van der Waals surface area contributed by atoms with E-state index in [1.165, 1.54) is 0 Å². The maximum absolute atomic E-state index is 11.9. The summed E-state index contributed by atoms with van der Waals surface area (Å²) in [4.78, 5) is 11.9. The number of nitrogen functional groups attached to an aromatic ring is 1. The minimum absolute atomic E-state index is 0.0172. The fourth-order valence-electron chi connectivity index (χ4n) is 1.89. The SMILES string of the molecule is Cc1cc(NC(=O)CCc2ccc(N)cc2)ccc1Br. The Hall–Kier alpha value is -1.81. The minimum atomic E-state index is 0.0172. The average Bonchev–Trinajstić information content (AvgIpc) is 2.42. The summed E-state index contributed by atoms with van der Waals surface area (Å²) >= 11 is 3.44. The number of nitrogens with two attached hydrogens (primary N) is 1. The Labute approximate surface area is 127 Å². The van der Waals surface area contributed by atoms with Gasteiger partial charge in [0.1, 0.15) is 0 Å². The van der Waals surface area contributed by atoms with Crippen molar-refractivity contribution < 1.29 is 4.79 Å². The Morgan fingerprint density at radius 2 is 1.90 bits per heavy atom. The normalized spacial score (nSPS) is 10.3. The minimum Gasteiger partial charge on any atom is -0.399 e. The first-order valence-electron chi connectivity index (χ1n) is 6.45. The molecule has 0 fully saturated rings. The van der Waals surface area contributed by atoms with Gasteiger partial charge in [0.25, 0.3) is 0 Å². The molecule has 0 aromatic heterocycles. The monoisotopic (exact) mass is 332 g/mol. The molecule has 0 aliphatic rings. The summed E-state index contributed by atoms with van der Waals surface area (Å²) in [5.41, 5.74) is 9.41. The molecule has 0 heterocycles. The highest BCUT2D eigenvalue weighted by atomic mass is 79.9. The summed E-state index contributed by atoms with van der Waals surface area (Å²) in [6, 6.07) is 13.4. The van der Waals surface area contributed by atoms with Crippen LogP contribution >= 0.6 is 15.9 Å². The molecule has 0 atom stereocenters. The summed E-state index contributed by atoms with van der Waals surface area (Å²) in [5.74, 6) is 0.0172. The highest BCUT2D eigenvalue weighted by Crippen LogP contribution is 2.20. The molecule has 3 nitrogen and oxygen atoms in total. The molecule has 0 aliphatic heterocycles. The van der Waals surface area contributed by atoms with Crippen LogP contribution in [0.2, 0.25) is 0 Å². The van der Waals surface area contributed by atoms with Crippen molar-refractivity contribution in [2.75, 3.05) is 11.1 Å². The second-order valence-corrected chi connectivity index (χ2v) is 5.61. The number of carbonyl (C=O) groups is 1. The number of nitrogens with one attached hydrogen (secondary N) is 1. The van der Waals surface area contributed by atoms with E-state index in [9.17, 15) is 4.79 Å². The summed E-state index contributed by atoms with van der Waals surface area (Å²) in [6.07, 6.45) is 1.17. The molecule has 3 N–H and O–H groups in total. The largest absolute Gasteiger partial charge is 0.399 e. The first-order valence-corrected chi connectivity index (χ1v) is 7.24. The van der Waals surface area contributed by atoms with E-state index in [-0.39, 0.29) is 5.91 Å². The number of carbonyl (C=O) groups excluding carboxylic acids is 1. The van der Waals surface area contributed by atoms with E-state index in [2.05, 4.69) is 21.2 Å². The maximum atomic E-state index is 11.9. The van der Waals surface area contributed by atoms with Gasteiger partial charge in [0.05, 0.1) is 0 Å². The number of hydrogen-bond acceptors (Lipinski definition) is 2. The molecule has 0 spiro atoms. The molecule has 0 saturated heterocycles. The molecule has 2 rings (SSSR count). The smallest absolute Gasteiger partial charge is 0.224 e. The molecule has 0 aliphatic carbocycles. The van der Waals surface area contributed by atoms with Gasteiger partial charge in [-0.05, 0) is 54.8 Å². The van der Waals surface area contributed by atoms with Crippen LogP contribution in [0.15, 0.2) is 46.9 Å². The zero-order valence-electron chi connectivity index (χ0n) is 11.3. The third kappa shape index (κ3) is 4.10. The zero-order chi connectivity index (χ0) is 14.5. The van der Waals surface area contributed by atoms with E-state index >= 15 is 0 Å². The number of hydrogen-bond donors (Lipinski definition) is 2. The quantitative estimate of drug-likeness (QED) is 0.834. The average molecular weight is 333 g/mol. The van der Waals surface area contributed by atoms with Gasteiger partial charge in [0, 0.05) is 22.3 Å². The first kappa shape index (κ1) is 14.6.